The van der Waals surface area contributed by atoms with E-state index in [1.807, 2.05) is 0 Å². The van der Waals surface area contributed by atoms with E-state index >= 15 is 0 Å². The SMILES string of the molecule is COc1ccc2c(=O)c(C)c(C)oc2c1[N+](=O)[O-]. The molecular weight excluding hydrogens is 238 g/mol. The molecule has 18 heavy (non-hydrogen) atoms. The largest absolute Gasteiger partial charge is 0.490 e. The van der Waals surface area contributed by atoms with Gasteiger partial charge in [0.05, 0.1) is 17.4 Å². The number of aryl methyl sites for hydroxylation is 1. The van der Waals surface area contributed by atoms with E-state index in [0.717, 1.165) is 0 Å². The highest BCUT2D eigenvalue weighted by molar-refractivity contribution is 5.88. The average molecular weight is 249 g/mol. The Labute approximate surface area is 102 Å². The van der Waals surface area contributed by atoms with Crippen molar-refractivity contribution >= 4 is 16.7 Å². The lowest BCUT2D eigenvalue weighted by atomic mass is 10.1. The second kappa shape index (κ2) is 4.14. The number of methoxy groups -OCH3 is 1. The lowest BCUT2D eigenvalue weighted by molar-refractivity contribution is -0.384. The van der Waals surface area contributed by atoms with Gasteiger partial charge >= 0.3 is 5.69 Å². The Kier molecular flexibility index (Phi) is 2.78. The van der Waals surface area contributed by atoms with Gasteiger partial charge in [-0.1, -0.05) is 0 Å². The molecule has 94 valence electrons. The number of nitro benzene ring substituents is 1. The molecule has 0 saturated carbocycles. The number of ether oxygens (including phenoxy) is 1. The van der Waals surface area contributed by atoms with Gasteiger partial charge in [-0.2, -0.15) is 0 Å². The third kappa shape index (κ3) is 1.62. The monoisotopic (exact) mass is 249 g/mol. The Morgan fingerprint density at radius 1 is 1.33 bits per heavy atom. The molecule has 0 bridgehead atoms. The van der Waals surface area contributed by atoms with Crippen LogP contribution in [-0.4, -0.2) is 12.0 Å². The van der Waals surface area contributed by atoms with Crippen LogP contribution in [0.3, 0.4) is 0 Å². The lowest BCUT2D eigenvalue weighted by Crippen LogP contribution is -2.08. The third-order valence-corrected chi connectivity index (χ3v) is 2.87. The zero-order valence-corrected chi connectivity index (χ0v) is 10.1. The topological polar surface area (TPSA) is 82.6 Å². The molecule has 0 unspecified atom stereocenters. The summed E-state index contributed by atoms with van der Waals surface area (Å²) in [5.41, 5.74) is -0.191. The second-order valence-corrected chi connectivity index (χ2v) is 3.86. The molecule has 1 heterocycles. The van der Waals surface area contributed by atoms with Crippen LogP contribution < -0.4 is 10.2 Å². The number of fused-ring (bicyclic) bond motifs is 1. The van der Waals surface area contributed by atoms with Crippen LogP contribution in [0.1, 0.15) is 11.3 Å². The predicted molar refractivity (Wildman–Crippen MR) is 65.2 cm³/mol. The molecule has 0 radical (unpaired) electrons. The van der Waals surface area contributed by atoms with E-state index in [0.29, 0.717) is 11.3 Å². The first kappa shape index (κ1) is 12.1. The quantitative estimate of drug-likeness (QED) is 0.602. The molecule has 0 saturated heterocycles. The molecule has 6 nitrogen and oxygen atoms in total. The van der Waals surface area contributed by atoms with E-state index in [9.17, 15) is 14.9 Å². The van der Waals surface area contributed by atoms with Crippen molar-refractivity contribution in [3.63, 3.8) is 0 Å². The average Bonchev–Trinajstić information content (AvgIpc) is 2.34. The molecule has 0 spiro atoms. The normalized spacial score (nSPS) is 10.6. The molecule has 0 N–H and O–H groups in total. The van der Waals surface area contributed by atoms with Crippen molar-refractivity contribution in [2.24, 2.45) is 0 Å². The van der Waals surface area contributed by atoms with Crippen molar-refractivity contribution in [3.05, 3.63) is 43.8 Å². The first-order valence-corrected chi connectivity index (χ1v) is 5.22. The molecule has 1 aromatic carbocycles. The first-order chi connectivity index (χ1) is 8.47. The van der Waals surface area contributed by atoms with E-state index in [1.54, 1.807) is 13.8 Å². The smallest absolute Gasteiger partial charge is 0.353 e. The lowest BCUT2D eigenvalue weighted by Gasteiger charge is -2.06. The molecule has 1 aromatic heterocycles. The van der Waals surface area contributed by atoms with Crippen LogP contribution in [0.2, 0.25) is 0 Å². The van der Waals surface area contributed by atoms with Gasteiger partial charge in [0.2, 0.25) is 11.3 Å². The summed E-state index contributed by atoms with van der Waals surface area (Å²) in [4.78, 5) is 22.5. The number of hydrogen-bond donors (Lipinski definition) is 0. The fraction of sp³-hybridized carbons (Fsp3) is 0.250. The molecule has 0 aliphatic heterocycles. The molecular formula is C12H11NO5. The minimum absolute atomic E-state index is 0.0487. The molecule has 0 aliphatic rings. The van der Waals surface area contributed by atoms with E-state index in [-0.39, 0.29) is 27.8 Å². The summed E-state index contributed by atoms with van der Waals surface area (Å²) in [7, 11) is 1.33. The molecule has 2 aromatic rings. The van der Waals surface area contributed by atoms with E-state index in [2.05, 4.69) is 0 Å². The van der Waals surface area contributed by atoms with Crippen LogP contribution >= 0.6 is 0 Å². The van der Waals surface area contributed by atoms with Crippen molar-refractivity contribution in [1.29, 1.82) is 0 Å². The van der Waals surface area contributed by atoms with Crippen LogP contribution in [0.25, 0.3) is 11.0 Å². The van der Waals surface area contributed by atoms with Gasteiger partial charge in [0, 0.05) is 5.56 Å². The second-order valence-electron chi connectivity index (χ2n) is 3.86. The molecule has 0 aliphatic carbocycles. The number of benzene rings is 1. The maximum Gasteiger partial charge on any atom is 0.353 e. The molecule has 0 amide bonds. The number of nitro groups is 1. The van der Waals surface area contributed by atoms with Crippen molar-refractivity contribution in [3.8, 4) is 5.75 Å². The molecule has 0 atom stereocenters. The Bertz CT molecular complexity index is 702. The maximum atomic E-state index is 12.0. The van der Waals surface area contributed by atoms with Gasteiger partial charge in [0.25, 0.3) is 0 Å². The highest BCUT2D eigenvalue weighted by Gasteiger charge is 2.24. The van der Waals surface area contributed by atoms with Gasteiger partial charge in [-0.3, -0.25) is 14.9 Å². The number of nitrogens with zero attached hydrogens (tertiary/aromatic N) is 1. The van der Waals surface area contributed by atoms with Crippen LogP contribution in [0.15, 0.2) is 21.3 Å². The van der Waals surface area contributed by atoms with Crippen LogP contribution in [0.5, 0.6) is 5.75 Å². The van der Waals surface area contributed by atoms with Crippen molar-refractivity contribution in [2.45, 2.75) is 13.8 Å². The minimum Gasteiger partial charge on any atom is -0.490 e. The summed E-state index contributed by atoms with van der Waals surface area (Å²) >= 11 is 0. The Balaban J connectivity index is 3.03. The highest BCUT2D eigenvalue weighted by atomic mass is 16.6. The van der Waals surface area contributed by atoms with E-state index in [1.165, 1.54) is 19.2 Å². The van der Waals surface area contributed by atoms with Crippen LogP contribution in [0.4, 0.5) is 5.69 Å². The van der Waals surface area contributed by atoms with Crippen molar-refractivity contribution in [2.75, 3.05) is 7.11 Å². The fourth-order valence-electron chi connectivity index (χ4n) is 1.76. The summed E-state index contributed by atoms with van der Waals surface area (Å²) in [5, 5.41) is 11.3. The molecule has 6 heteroatoms. The summed E-state index contributed by atoms with van der Waals surface area (Å²) in [5.74, 6) is 0.433. The van der Waals surface area contributed by atoms with Crippen LogP contribution in [-0.2, 0) is 0 Å². The van der Waals surface area contributed by atoms with Gasteiger partial charge in [-0.15, -0.1) is 0 Å². The number of hydrogen-bond acceptors (Lipinski definition) is 5. The van der Waals surface area contributed by atoms with Gasteiger partial charge in [0.1, 0.15) is 5.76 Å². The first-order valence-electron chi connectivity index (χ1n) is 5.22. The van der Waals surface area contributed by atoms with Gasteiger partial charge in [-0.05, 0) is 26.0 Å². The van der Waals surface area contributed by atoms with Gasteiger partial charge < -0.3 is 9.15 Å². The minimum atomic E-state index is -0.612. The predicted octanol–water partition coefficient (Wildman–Crippen LogP) is 2.33. The Morgan fingerprint density at radius 2 is 2.00 bits per heavy atom. The standard InChI is InChI=1S/C12H11NO5/c1-6-7(2)18-12-8(11(6)14)4-5-9(17-3)10(12)13(15)16/h4-5H,1-3H3. The Morgan fingerprint density at radius 3 is 2.56 bits per heavy atom. The summed E-state index contributed by atoms with van der Waals surface area (Å²) < 4.78 is 10.3. The summed E-state index contributed by atoms with van der Waals surface area (Å²) in [6.45, 7) is 3.22. The number of rotatable bonds is 2. The molecule has 2 rings (SSSR count). The van der Waals surface area contributed by atoms with Crippen LogP contribution in [0, 0.1) is 24.0 Å². The Hall–Kier alpha value is -2.37. The van der Waals surface area contributed by atoms with Gasteiger partial charge in [0.15, 0.2) is 5.43 Å². The fourth-order valence-corrected chi connectivity index (χ4v) is 1.76. The van der Waals surface area contributed by atoms with Gasteiger partial charge in [-0.25, -0.2) is 0 Å². The zero-order chi connectivity index (χ0) is 13.4. The summed E-state index contributed by atoms with van der Waals surface area (Å²) in [6.07, 6.45) is 0. The highest BCUT2D eigenvalue weighted by Crippen LogP contribution is 2.34. The van der Waals surface area contributed by atoms with Crippen molar-refractivity contribution in [1.82, 2.24) is 0 Å². The van der Waals surface area contributed by atoms with Crippen molar-refractivity contribution < 1.29 is 14.1 Å². The zero-order valence-electron chi connectivity index (χ0n) is 10.1. The summed E-state index contributed by atoms with van der Waals surface area (Å²) in [6, 6.07) is 2.87. The van der Waals surface area contributed by atoms with E-state index in [4.69, 9.17) is 9.15 Å². The third-order valence-electron chi connectivity index (χ3n) is 2.87. The van der Waals surface area contributed by atoms with E-state index < -0.39 is 4.92 Å². The molecule has 0 fully saturated rings. The maximum absolute atomic E-state index is 12.0.